The van der Waals surface area contributed by atoms with Crippen LogP contribution in [0.3, 0.4) is 0 Å². The van der Waals surface area contributed by atoms with Crippen LogP contribution in [0.25, 0.3) is 33.1 Å². The third-order valence-electron chi connectivity index (χ3n) is 4.93. The maximum absolute atomic E-state index is 2.35. The van der Waals surface area contributed by atoms with Crippen LogP contribution in [0.5, 0.6) is 0 Å². The molecule has 0 aliphatic rings. The van der Waals surface area contributed by atoms with Crippen molar-refractivity contribution in [2.24, 2.45) is 0 Å². The van der Waals surface area contributed by atoms with Gasteiger partial charge < -0.3 is 4.57 Å². The molecule has 0 saturated carbocycles. The zero-order valence-electron chi connectivity index (χ0n) is 18.6. The molecule has 4 aromatic rings. The number of nitrogens with zero attached hydrogens (tertiary/aromatic N) is 1. The molecule has 1 aromatic heterocycles. The van der Waals surface area contributed by atoms with E-state index in [-0.39, 0.29) is 0 Å². The summed E-state index contributed by atoms with van der Waals surface area (Å²) in [5.41, 5.74) is 6.29. The average molecular weight is 384 g/mol. The van der Waals surface area contributed by atoms with Gasteiger partial charge in [0.2, 0.25) is 0 Å². The standard InChI is InChI=1S/C22H19N.C4H8.C2H6/c1-3-16(2)17-12-14-18(15-13-17)23-21-10-6-4-8-19(21)20-9-5-7-11-22(20)23;1-3-4-2;1-2/h3-15H,1-2H3;3-4H,1-2H3;1-2H3/b16-3-;4-3-;. The molecule has 1 heteroatoms. The van der Waals surface area contributed by atoms with E-state index < -0.39 is 0 Å². The quantitative estimate of drug-likeness (QED) is 0.305. The lowest BCUT2D eigenvalue weighted by Crippen LogP contribution is -1.93. The highest BCUT2D eigenvalue weighted by molar-refractivity contribution is 6.09. The molecule has 29 heavy (non-hydrogen) atoms. The van der Waals surface area contributed by atoms with Gasteiger partial charge in [-0.3, -0.25) is 0 Å². The Morgan fingerprint density at radius 3 is 1.52 bits per heavy atom. The second-order valence-corrected chi connectivity index (χ2v) is 6.55. The summed E-state index contributed by atoms with van der Waals surface area (Å²) < 4.78 is 2.35. The maximum atomic E-state index is 2.35. The Kier molecular flexibility index (Phi) is 8.48. The predicted octanol–water partition coefficient (Wildman–Crippen LogP) is 8.82. The van der Waals surface area contributed by atoms with Crippen molar-refractivity contribution in [2.45, 2.75) is 41.5 Å². The Morgan fingerprint density at radius 2 is 1.10 bits per heavy atom. The van der Waals surface area contributed by atoms with Gasteiger partial charge in [0.15, 0.2) is 0 Å². The Balaban J connectivity index is 0.000000449. The maximum Gasteiger partial charge on any atom is 0.0541 e. The predicted molar refractivity (Wildman–Crippen MR) is 132 cm³/mol. The van der Waals surface area contributed by atoms with E-state index in [2.05, 4.69) is 97.3 Å². The molecule has 0 saturated heterocycles. The summed E-state index contributed by atoms with van der Waals surface area (Å²) in [6.07, 6.45) is 6.15. The first kappa shape index (κ1) is 22.2. The van der Waals surface area contributed by atoms with E-state index in [1.807, 2.05) is 39.8 Å². The van der Waals surface area contributed by atoms with Gasteiger partial charge in [-0.25, -0.2) is 0 Å². The van der Waals surface area contributed by atoms with Gasteiger partial charge in [0.1, 0.15) is 0 Å². The van der Waals surface area contributed by atoms with Gasteiger partial charge >= 0.3 is 0 Å². The lowest BCUT2D eigenvalue weighted by atomic mass is 10.1. The molecule has 3 aromatic carbocycles. The van der Waals surface area contributed by atoms with Crippen molar-refractivity contribution in [3.63, 3.8) is 0 Å². The molecular formula is C28H33N. The second kappa shape index (κ2) is 11.1. The van der Waals surface area contributed by atoms with E-state index in [9.17, 15) is 0 Å². The fourth-order valence-corrected chi connectivity index (χ4v) is 3.24. The van der Waals surface area contributed by atoms with Crippen molar-refractivity contribution < 1.29 is 0 Å². The van der Waals surface area contributed by atoms with Crippen LogP contribution in [0.4, 0.5) is 0 Å². The van der Waals surface area contributed by atoms with Crippen molar-refractivity contribution in [3.05, 3.63) is 96.6 Å². The van der Waals surface area contributed by atoms with E-state index >= 15 is 0 Å². The largest absolute Gasteiger partial charge is 0.309 e. The minimum absolute atomic E-state index is 1.20. The average Bonchev–Trinajstić information content (AvgIpc) is 3.14. The second-order valence-electron chi connectivity index (χ2n) is 6.55. The fourth-order valence-electron chi connectivity index (χ4n) is 3.24. The van der Waals surface area contributed by atoms with Crippen molar-refractivity contribution in [3.8, 4) is 5.69 Å². The molecule has 150 valence electrons. The van der Waals surface area contributed by atoms with Crippen LogP contribution < -0.4 is 0 Å². The third kappa shape index (κ3) is 4.86. The number of para-hydroxylation sites is 2. The molecule has 0 unspecified atom stereocenters. The fraction of sp³-hybridized carbons (Fsp3) is 0.214. The first-order chi connectivity index (χ1) is 14.2. The molecule has 1 nitrogen and oxygen atoms in total. The molecule has 4 rings (SSSR count). The topological polar surface area (TPSA) is 4.93 Å². The van der Waals surface area contributed by atoms with Crippen molar-refractivity contribution >= 4 is 27.4 Å². The molecule has 0 aliphatic carbocycles. The lowest BCUT2D eigenvalue weighted by Gasteiger charge is -2.09. The Hall–Kier alpha value is -3.06. The summed E-state index contributed by atoms with van der Waals surface area (Å²) >= 11 is 0. The summed E-state index contributed by atoms with van der Waals surface area (Å²) in [4.78, 5) is 0. The SMILES string of the molecule is C/C=C(/C)c1ccc(-n2c3ccccc3c3ccccc32)cc1.C/C=C\C.CC. The van der Waals surface area contributed by atoms with Crippen LogP contribution in [-0.4, -0.2) is 4.57 Å². The molecule has 0 aliphatic heterocycles. The first-order valence-corrected chi connectivity index (χ1v) is 10.5. The highest BCUT2D eigenvalue weighted by Crippen LogP contribution is 2.31. The summed E-state index contributed by atoms with van der Waals surface area (Å²) in [7, 11) is 0. The molecular weight excluding hydrogens is 350 g/mol. The molecule has 1 heterocycles. The highest BCUT2D eigenvalue weighted by atomic mass is 15.0. The van der Waals surface area contributed by atoms with Crippen molar-refractivity contribution in [1.29, 1.82) is 0 Å². The van der Waals surface area contributed by atoms with Gasteiger partial charge in [0, 0.05) is 16.5 Å². The highest BCUT2D eigenvalue weighted by Gasteiger charge is 2.10. The molecule has 0 N–H and O–H groups in total. The number of allylic oxidation sites excluding steroid dienone is 4. The normalized spacial score (nSPS) is 11.2. The Labute approximate surface area is 176 Å². The molecule has 0 bridgehead atoms. The van der Waals surface area contributed by atoms with Crippen LogP contribution in [0.15, 0.2) is 91.0 Å². The molecule has 0 amide bonds. The Bertz CT molecular complexity index is 1040. The zero-order valence-corrected chi connectivity index (χ0v) is 18.6. The lowest BCUT2D eigenvalue weighted by molar-refractivity contribution is 1.18. The van der Waals surface area contributed by atoms with E-state index in [1.54, 1.807) is 0 Å². The van der Waals surface area contributed by atoms with Gasteiger partial charge in [-0.05, 0) is 63.1 Å². The smallest absolute Gasteiger partial charge is 0.0541 e. The van der Waals surface area contributed by atoms with E-state index in [0.717, 1.165) is 0 Å². The monoisotopic (exact) mass is 383 g/mol. The summed E-state index contributed by atoms with van der Waals surface area (Å²) in [6, 6.07) is 26.0. The van der Waals surface area contributed by atoms with Crippen LogP contribution in [0.1, 0.15) is 47.1 Å². The summed E-state index contributed by atoms with van der Waals surface area (Å²) in [5, 5.41) is 2.61. The van der Waals surface area contributed by atoms with Gasteiger partial charge in [-0.15, -0.1) is 0 Å². The number of fused-ring (bicyclic) bond motifs is 3. The minimum atomic E-state index is 1.20. The van der Waals surface area contributed by atoms with Crippen LogP contribution >= 0.6 is 0 Å². The van der Waals surface area contributed by atoms with E-state index in [4.69, 9.17) is 0 Å². The van der Waals surface area contributed by atoms with Gasteiger partial charge in [0.25, 0.3) is 0 Å². The number of hydrogen-bond acceptors (Lipinski definition) is 0. The molecule has 0 spiro atoms. The number of hydrogen-bond donors (Lipinski definition) is 0. The Morgan fingerprint density at radius 1 is 0.655 bits per heavy atom. The molecule has 0 radical (unpaired) electrons. The van der Waals surface area contributed by atoms with E-state index in [0.29, 0.717) is 0 Å². The molecule has 0 atom stereocenters. The summed E-state index contributed by atoms with van der Waals surface area (Å²) in [5.74, 6) is 0. The zero-order chi connectivity index (χ0) is 21.2. The van der Waals surface area contributed by atoms with E-state index in [1.165, 1.54) is 38.6 Å². The van der Waals surface area contributed by atoms with Gasteiger partial charge in [0.05, 0.1) is 11.0 Å². The first-order valence-electron chi connectivity index (χ1n) is 10.5. The van der Waals surface area contributed by atoms with Crippen molar-refractivity contribution in [2.75, 3.05) is 0 Å². The third-order valence-corrected chi connectivity index (χ3v) is 4.93. The van der Waals surface area contributed by atoms with Gasteiger partial charge in [-0.2, -0.15) is 0 Å². The summed E-state index contributed by atoms with van der Waals surface area (Å²) in [6.45, 7) is 12.2. The number of benzene rings is 3. The number of aromatic nitrogens is 1. The van der Waals surface area contributed by atoms with Crippen LogP contribution in [0, 0.1) is 0 Å². The van der Waals surface area contributed by atoms with Crippen LogP contribution in [-0.2, 0) is 0 Å². The minimum Gasteiger partial charge on any atom is -0.309 e. The van der Waals surface area contributed by atoms with Gasteiger partial charge in [-0.1, -0.05) is 80.6 Å². The molecule has 0 fully saturated rings. The van der Waals surface area contributed by atoms with Crippen LogP contribution in [0.2, 0.25) is 0 Å². The van der Waals surface area contributed by atoms with Crippen molar-refractivity contribution in [1.82, 2.24) is 4.57 Å². The number of rotatable bonds is 2.